The molecule has 3 saturated heterocycles. The second kappa shape index (κ2) is 27.8. The van der Waals surface area contributed by atoms with Crippen molar-refractivity contribution >= 4 is 29.6 Å². The molecule has 0 saturated carbocycles. The number of nitrogens with one attached hydrogen (secondary N) is 4. The summed E-state index contributed by atoms with van der Waals surface area (Å²) in [7, 11) is 1.53. The molecule has 432 valence electrons. The summed E-state index contributed by atoms with van der Waals surface area (Å²) in [5, 5.41) is 43.8. The quantitative estimate of drug-likeness (QED) is 0.0591. The van der Waals surface area contributed by atoms with E-state index in [1.54, 1.807) is 58.1 Å². The van der Waals surface area contributed by atoms with Gasteiger partial charge in [0, 0.05) is 63.0 Å². The minimum Gasteiger partial charge on any atom is -0.508 e. The van der Waals surface area contributed by atoms with Crippen LogP contribution in [0.1, 0.15) is 139 Å². The molecule has 3 fully saturated rings. The van der Waals surface area contributed by atoms with E-state index in [1.165, 1.54) is 24.3 Å². The second-order valence-corrected chi connectivity index (χ2v) is 23.4. The van der Waals surface area contributed by atoms with Gasteiger partial charge in [-0.3, -0.25) is 29.0 Å². The van der Waals surface area contributed by atoms with Crippen molar-refractivity contribution in [2.45, 2.75) is 200 Å². The van der Waals surface area contributed by atoms with Gasteiger partial charge in [-0.25, -0.2) is 5.43 Å². The number of esters is 1. The summed E-state index contributed by atoms with van der Waals surface area (Å²) in [6.07, 6.45) is 16.7. The average Bonchev–Trinajstić information content (AvgIpc) is 3.41. The van der Waals surface area contributed by atoms with Crippen molar-refractivity contribution in [1.29, 1.82) is 0 Å². The van der Waals surface area contributed by atoms with Gasteiger partial charge >= 0.3 is 5.97 Å². The minimum absolute atomic E-state index is 0.00123. The second-order valence-electron chi connectivity index (χ2n) is 23.4. The van der Waals surface area contributed by atoms with Crippen molar-refractivity contribution in [3.8, 4) is 5.75 Å². The molecular weight excluding hydrogens is 995 g/mol. The van der Waals surface area contributed by atoms with Crippen LogP contribution in [-0.4, -0.2) is 124 Å². The first-order chi connectivity index (χ1) is 37.0. The number of phenolic OH excluding ortho intramolecular Hbond substituents is 1. The van der Waals surface area contributed by atoms with Crippen LogP contribution in [0.4, 0.5) is 0 Å². The van der Waals surface area contributed by atoms with Crippen LogP contribution in [0.25, 0.3) is 0 Å². The number of methoxy groups -OCH3 is 1. The van der Waals surface area contributed by atoms with Crippen molar-refractivity contribution in [2.24, 2.45) is 41.4 Å². The number of amides is 4. The Morgan fingerprint density at radius 1 is 1.01 bits per heavy atom. The molecule has 1 aromatic rings. The number of rotatable bonds is 13. The Bertz CT molecular complexity index is 2400. The number of piperidine rings is 1. The molecule has 5 heterocycles. The van der Waals surface area contributed by atoms with Gasteiger partial charge in [0.2, 0.25) is 17.7 Å². The molecule has 5 aliphatic heterocycles. The maximum Gasteiger partial charge on any atom is 0.325 e. The van der Waals surface area contributed by atoms with E-state index in [0.717, 1.165) is 24.0 Å². The molecule has 17 nitrogen and oxygen atoms in total. The van der Waals surface area contributed by atoms with E-state index in [4.69, 9.17) is 18.9 Å². The standard InChI is InChI=1S/C61H91N5O12/c1-12-44-32-41(8)61(64-55(44)70)40(7)31-39(6)52(77-61)35-50(69)37(4)21-15-13-16-22-38(5)51-27-18-14-17-26-49(68)42(9)54-46(28-29-60(10,75-11)78-54)56(71)63-53(36(2)3)57(72)62-48(34-43-23-19-24-45(67)33-43)58(73)66-30-20-25-47(65-66)59(74)76-51/h13-14,16-19,22-24,26,31,33,36-37,39,41-42,44,46-54,65,67-69H,12,15,20-21,25,27-30,32,34-35H2,1-11H3,(H,62,72)(H,63,71)(H,64,70)/b16-13+,18-14+,26-17+,38-22+/t37-,39+,41-,42-,44-,46+,47?,48-,49-,50-,51-,52-,53-,54+,60-,61-/m0/s1. The molecule has 16 atom stereocenters. The number of carbonyl (C=O) groups excluding carboxylic acids is 5. The lowest BCUT2D eigenvalue weighted by Gasteiger charge is -2.51. The number of hydrogen-bond donors (Lipinski definition) is 7. The van der Waals surface area contributed by atoms with Gasteiger partial charge in [0.05, 0.1) is 30.3 Å². The largest absolute Gasteiger partial charge is 0.508 e. The van der Waals surface area contributed by atoms with Crippen molar-refractivity contribution in [3.05, 3.63) is 89.6 Å². The van der Waals surface area contributed by atoms with Crippen molar-refractivity contribution in [3.63, 3.8) is 0 Å². The third-order valence-corrected chi connectivity index (χ3v) is 17.1. The van der Waals surface area contributed by atoms with Gasteiger partial charge in [0.15, 0.2) is 11.5 Å². The summed E-state index contributed by atoms with van der Waals surface area (Å²) in [5.41, 5.74) is 4.58. The van der Waals surface area contributed by atoms with Crippen LogP contribution < -0.4 is 21.4 Å². The fourth-order valence-corrected chi connectivity index (χ4v) is 11.6. The molecule has 1 unspecified atom stereocenters. The average molecular weight is 1090 g/mol. The highest BCUT2D eigenvalue weighted by Crippen LogP contribution is 2.43. The van der Waals surface area contributed by atoms with E-state index in [2.05, 4.69) is 41.3 Å². The molecule has 0 aromatic heterocycles. The predicted molar refractivity (Wildman–Crippen MR) is 297 cm³/mol. The molecular formula is C61H91N5O12. The SMILES string of the molecule is CC[C@H]1C[C@H](C)[C@@]2(NC1=O)O[C@@H](C[C@H](O)[C@@H](C)CC/C=C/C=C(\C)[C@@H]1C/C=C/C=C/[C@H](O)[C@H](C)[C@H]3O[C@](C)(OC)CC[C@H]3C(=O)N[C@@H](C(C)C)C(=O)N[C@@H](Cc3cccc(O)c3)C(=O)N3CCCC(N3)C(=O)O1)[C@H](C)C=C2C. The summed E-state index contributed by atoms with van der Waals surface area (Å²) >= 11 is 0. The summed E-state index contributed by atoms with van der Waals surface area (Å²) < 4.78 is 25.2. The lowest BCUT2D eigenvalue weighted by atomic mass is 9.75. The summed E-state index contributed by atoms with van der Waals surface area (Å²) in [6, 6.07) is 3.30. The fourth-order valence-electron chi connectivity index (χ4n) is 11.6. The Labute approximate surface area is 463 Å². The normalized spacial score (nSPS) is 35.8. The van der Waals surface area contributed by atoms with Crippen LogP contribution in [0, 0.1) is 41.4 Å². The number of cyclic esters (lactones) is 1. The summed E-state index contributed by atoms with van der Waals surface area (Å²) in [6.45, 7) is 19.6. The number of nitrogens with zero attached hydrogens (tertiary/aromatic N) is 1. The van der Waals surface area contributed by atoms with E-state index in [0.29, 0.717) is 50.5 Å². The molecule has 78 heavy (non-hydrogen) atoms. The van der Waals surface area contributed by atoms with Crippen LogP contribution in [0.15, 0.2) is 84.0 Å². The molecule has 17 heteroatoms. The number of carbonyl (C=O) groups is 5. The van der Waals surface area contributed by atoms with E-state index in [9.17, 15) is 39.3 Å². The minimum atomic E-state index is -1.16. The van der Waals surface area contributed by atoms with Crippen LogP contribution >= 0.6 is 0 Å². The molecule has 1 aromatic carbocycles. The molecule has 0 radical (unpaired) electrons. The van der Waals surface area contributed by atoms with Gasteiger partial charge < -0.3 is 50.2 Å². The number of aliphatic hydroxyl groups is 2. The van der Waals surface area contributed by atoms with Crippen LogP contribution in [0.2, 0.25) is 0 Å². The van der Waals surface area contributed by atoms with E-state index in [1.807, 2.05) is 52.0 Å². The number of aromatic hydroxyl groups is 1. The van der Waals surface area contributed by atoms with E-state index < -0.39 is 95.5 Å². The number of ether oxygens (including phenoxy) is 4. The highest BCUT2D eigenvalue weighted by molar-refractivity contribution is 5.93. The smallest absolute Gasteiger partial charge is 0.325 e. The Hall–Kier alpha value is -5.17. The topological polar surface area (TPSA) is 234 Å². The Morgan fingerprint density at radius 3 is 2.47 bits per heavy atom. The Balaban J connectivity index is 1.20. The molecule has 4 amide bonds. The zero-order valence-electron chi connectivity index (χ0n) is 48.0. The first-order valence-corrected chi connectivity index (χ1v) is 28.6. The van der Waals surface area contributed by atoms with Crippen molar-refractivity contribution in [1.82, 2.24) is 26.4 Å². The molecule has 1 spiro atoms. The van der Waals surface area contributed by atoms with E-state index >= 15 is 0 Å². The molecule has 6 rings (SSSR count). The van der Waals surface area contributed by atoms with Crippen LogP contribution in [0.5, 0.6) is 5.75 Å². The zero-order chi connectivity index (χ0) is 57.1. The van der Waals surface area contributed by atoms with Gasteiger partial charge in [-0.1, -0.05) is 109 Å². The first-order valence-electron chi connectivity index (χ1n) is 28.6. The number of hydrazine groups is 1. The first kappa shape index (κ1) is 62.0. The number of allylic oxidation sites excluding steroid dienone is 5. The molecule has 2 bridgehead atoms. The van der Waals surface area contributed by atoms with Crippen molar-refractivity contribution in [2.75, 3.05) is 13.7 Å². The van der Waals surface area contributed by atoms with E-state index in [-0.39, 0.29) is 60.8 Å². The number of aliphatic hydroxyl groups excluding tert-OH is 2. The maximum atomic E-state index is 14.6. The highest BCUT2D eigenvalue weighted by Gasteiger charge is 2.51. The van der Waals surface area contributed by atoms with Gasteiger partial charge in [-0.2, -0.15) is 0 Å². The van der Waals surface area contributed by atoms with Crippen molar-refractivity contribution < 1.29 is 58.2 Å². The monoisotopic (exact) mass is 1090 g/mol. The van der Waals surface area contributed by atoms with Crippen LogP contribution in [-0.2, 0) is 49.3 Å². The summed E-state index contributed by atoms with van der Waals surface area (Å²) in [5.74, 6) is -4.79. The molecule has 0 aliphatic carbocycles. The summed E-state index contributed by atoms with van der Waals surface area (Å²) in [4.78, 5) is 70.5. The zero-order valence-corrected chi connectivity index (χ0v) is 48.0. The number of phenols is 1. The van der Waals surface area contributed by atoms with Gasteiger partial charge in [0.25, 0.3) is 5.91 Å². The number of fused-ring (bicyclic) bond motifs is 3. The van der Waals surface area contributed by atoms with Crippen LogP contribution in [0.3, 0.4) is 0 Å². The Kier molecular flexibility index (Phi) is 22.1. The third-order valence-electron chi connectivity index (χ3n) is 17.1. The number of hydrogen-bond acceptors (Lipinski definition) is 13. The Morgan fingerprint density at radius 2 is 1.77 bits per heavy atom. The number of benzene rings is 1. The predicted octanol–water partition coefficient (Wildman–Crippen LogP) is 7.17. The lowest BCUT2D eigenvalue weighted by Crippen LogP contribution is -2.64. The van der Waals surface area contributed by atoms with Gasteiger partial charge in [-0.15, -0.1) is 0 Å². The van der Waals surface area contributed by atoms with Gasteiger partial charge in [-0.05, 0) is 106 Å². The fraction of sp³-hybridized carbons (Fsp3) is 0.656. The maximum absolute atomic E-state index is 14.6. The molecule has 5 aliphatic rings. The molecule has 7 N–H and O–H groups in total. The third kappa shape index (κ3) is 15.6. The highest BCUT2D eigenvalue weighted by atomic mass is 16.7. The lowest BCUT2D eigenvalue weighted by molar-refractivity contribution is -0.280. The van der Waals surface area contributed by atoms with Gasteiger partial charge in [0.1, 0.15) is 30.0 Å².